The summed E-state index contributed by atoms with van der Waals surface area (Å²) in [7, 11) is 0. The second-order valence-electron chi connectivity index (χ2n) is 7.13. The van der Waals surface area contributed by atoms with Gasteiger partial charge in [0, 0.05) is 30.7 Å². The molecule has 1 atom stereocenters. The lowest BCUT2D eigenvalue weighted by atomic mass is 9.87. The molecule has 4 rings (SSSR count). The van der Waals surface area contributed by atoms with Crippen molar-refractivity contribution in [2.24, 2.45) is 0 Å². The summed E-state index contributed by atoms with van der Waals surface area (Å²) in [5.74, 6) is 0. The van der Waals surface area contributed by atoms with Crippen molar-refractivity contribution < 1.29 is 9.82 Å². The molecule has 5 nitrogen and oxygen atoms in total. The van der Waals surface area contributed by atoms with Crippen molar-refractivity contribution in [2.75, 3.05) is 31.1 Å². The Labute approximate surface area is 148 Å². The third-order valence-corrected chi connectivity index (χ3v) is 5.76. The van der Waals surface area contributed by atoms with E-state index in [1.807, 2.05) is 12.1 Å². The van der Waals surface area contributed by atoms with Crippen LogP contribution in [0.4, 0.5) is 11.4 Å². The predicted molar refractivity (Wildman–Crippen MR) is 98.3 cm³/mol. The van der Waals surface area contributed by atoms with Gasteiger partial charge in [-0.05, 0) is 29.7 Å². The number of aryl methyl sites for hydroxylation is 1. The molecule has 0 unspecified atom stereocenters. The summed E-state index contributed by atoms with van der Waals surface area (Å²) < 4.78 is 0. The van der Waals surface area contributed by atoms with Crippen molar-refractivity contribution >= 4 is 11.4 Å². The number of fused-ring (bicyclic) bond motifs is 1. The highest BCUT2D eigenvalue weighted by atomic mass is 16.6. The van der Waals surface area contributed by atoms with E-state index < -0.39 is 0 Å². The number of nitrogens with zero attached hydrogens (tertiary/aromatic N) is 2. The maximum Gasteiger partial charge on any atom is 0.269 e. The molecule has 25 heavy (non-hydrogen) atoms. The molecule has 0 amide bonds. The van der Waals surface area contributed by atoms with Crippen molar-refractivity contribution in [1.29, 1.82) is 0 Å². The Morgan fingerprint density at radius 1 is 1.00 bits per heavy atom. The Morgan fingerprint density at radius 3 is 2.36 bits per heavy atom. The van der Waals surface area contributed by atoms with E-state index in [9.17, 15) is 10.1 Å². The molecule has 5 heteroatoms. The maximum absolute atomic E-state index is 10.8. The second kappa shape index (κ2) is 6.84. The Balaban J connectivity index is 1.36. The highest BCUT2D eigenvalue weighted by molar-refractivity contribution is 5.51. The molecule has 0 radical (unpaired) electrons. The minimum absolute atomic E-state index is 0.161. The number of nitro groups is 1. The van der Waals surface area contributed by atoms with Crippen LogP contribution in [0, 0.1) is 10.1 Å². The molecule has 0 bridgehead atoms. The average Bonchev–Trinajstić information content (AvgIpc) is 2.68. The standard InChI is InChI=1S/C20H23N3O2/c24-23(25)19-9-7-18(8-10-19)21-11-13-22(14-12-21)20-6-5-16-3-1-2-4-17(16)15-20/h1-4,7-10,20H,5-6,11-15H2/p+1/t20-/m1/s1. The summed E-state index contributed by atoms with van der Waals surface area (Å²) in [6.07, 6.45) is 3.68. The van der Waals surface area contributed by atoms with E-state index >= 15 is 0 Å². The van der Waals surface area contributed by atoms with Crippen LogP contribution in [0.5, 0.6) is 0 Å². The summed E-state index contributed by atoms with van der Waals surface area (Å²) in [6.45, 7) is 4.32. The molecule has 1 N–H and O–H groups in total. The number of benzene rings is 2. The molecule has 1 fully saturated rings. The molecule has 0 aromatic heterocycles. The van der Waals surface area contributed by atoms with Gasteiger partial charge < -0.3 is 9.80 Å². The molecule has 2 aromatic rings. The van der Waals surface area contributed by atoms with Gasteiger partial charge >= 0.3 is 0 Å². The highest BCUT2D eigenvalue weighted by Crippen LogP contribution is 2.21. The lowest BCUT2D eigenvalue weighted by Crippen LogP contribution is -3.18. The first kappa shape index (κ1) is 16.1. The molecular weight excluding hydrogens is 314 g/mol. The van der Waals surface area contributed by atoms with E-state index in [2.05, 4.69) is 29.2 Å². The van der Waals surface area contributed by atoms with Gasteiger partial charge in [-0.25, -0.2) is 0 Å². The van der Waals surface area contributed by atoms with Crippen LogP contribution in [-0.4, -0.2) is 37.1 Å². The molecule has 1 saturated heterocycles. The van der Waals surface area contributed by atoms with Gasteiger partial charge in [-0.2, -0.15) is 0 Å². The van der Waals surface area contributed by atoms with Crippen LogP contribution in [0.3, 0.4) is 0 Å². The number of rotatable bonds is 3. The summed E-state index contributed by atoms with van der Waals surface area (Å²) in [5, 5.41) is 10.8. The number of nitro benzene ring substituents is 1. The molecular formula is C20H24N3O2+. The van der Waals surface area contributed by atoms with E-state index in [-0.39, 0.29) is 10.6 Å². The predicted octanol–water partition coefficient (Wildman–Crippen LogP) is 1.86. The van der Waals surface area contributed by atoms with E-state index in [1.54, 1.807) is 17.0 Å². The number of hydrogen-bond donors (Lipinski definition) is 1. The van der Waals surface area contributed by atoms with E-state index in [4.69, 9.17) is 0 Å². The number of piperazine rings is 1. The van der Waals surface area contributed by atoms with Crippen LogP contribution in [-0.2, 0) is 12.8 Å². The number of hydrogen-bond acceptors (Lipinski definition) is 3. The second-order valence-corrected chi connectivity index (χ2v) is 7.13. The fourth-order valence-electron chi connectivity index (χ4n) is 4.29. The van der Waals surface area contributed by atoms with Crippen LogP contribution in [0.1, 0.15) is 17.5 Å². The van der Waals surface area contributed by atoms with Crippen molar-refractivity contribution in [3.05, 3.63) is 69.8 Å². The van der Waals surface area contributed by atoms with Gasteiger partial charge in [0.2, 0.25) is 0 Å². The fourth-order valence-corrected chi connectivity index (χ4v) is 4.29. The molecule has 1 heterocycles. The molecule has 0 saturated carbocycles. The zero-order chi connectivity index (χ0) is 17.2. The van der Waals surface area contributed by atoms with Crippen LogP contribution in [0.25, 0.3) is 0 Å². The first-order chi connectivity index (χ1) is 12.2. The van der Waals surface area contributed by atoms with Gasteiger partial charge in [0.1, 0.15) is 0 Å². The Bertz CT molecular complexity index is 752. The summed E-state index contributed by atoms with van der Waals surface area (Å²) in [4.78, 5) is 14.5. The largest absolute Gasteiger partial charge is 0.360 e. The lowest BCUT2D eigenvalue weighted by molar-refractivity contribution is -0.926. The van der Waals surface area contributed by atoms with E-state index in [1.165, 1.54) is 30.4 Å². The molecule has 0 spiro atoms. The normalized spacial score (nSPS) is 21.0. The zero-order valence-electron chi connectivity index (χ0n) is 14.4. The summed E-state index contributed by atoms with van der Waals surface area (Å²) in [5.41, 5.74) is 4.32. The summed E-state index contributed by atoms with van der Waals surface area (Å²) >= 11 is 0. The number of quaternary nitrogens is 1. The van der Waals surface area contributed by atoms with Gasteiger partial charge in [-0.15, -0.1) is 0 Å². The Morgan fingerprint density at radius 2 is 1.68 bits per heavy atom. The monoisotopic (exact) mass is 338 g/mol. The van der Waals surface area contributed by atoms with Crippen LogP contribution >= 0.6 is 0 Å². The molecule has 1 aliphatic carbocycles. The molecule has 2 aliphatic rings. The van der Waals surface area contributed by atoms with Gasteiger partial charge in [0.05, 0.1) is 37.1 Å². The van der Waals surface area contributed by atoms with Crippen LogP contribution in [0.2, 0.25) is 0 Å². The number of nitrogens with one attached hydrogen (secondary N) is 1. The quantitative estimate of drug-likeness (QED) is 0.686. The zero-order valence-corrected chi connectivity index (χ0v) is 14.4. The molecule has 2 aromatic carbocycles. The minimum Gasteiger partial charge on any atom is -0.360 e. The Hall–Kier alpha value is -2.40. The topological polar surface area (TPSA) is 50.8 Å². The first-order valence-corrected chi connectivity index (χ1v) is 9.11. The van der Waals surface area contributed by atoms with Gasteiger partial charge in [0.25, 0.3) is 5.69 Å². The number of anilines is 1. The van der Waals surface area contributed by atoms with Crippen LogP contribution < -0.4 is 9.80 Å². The lowest BCUT2D eigenvalue weighted by Gasteiger charge is -2.39. The third-order valence-electron chi connectivity index (χ3n) is 5.76. The SMILES string of the molecule is O=[N+]([O-])c1ccc(N2CC[NH+]([C@@H]3CCc4ccccc4C3)CC2)cc1. The fraction of sp³-hybridized carbons (Fsp3) is 0.400. The molecule has 130 valence electrons. The van der Waals surface area contributed by atoms with Crippen molar-refractivity contribution in [2.45, 2.75) is 25.3 Å². The minimum atomic E-state index is -0.340. The average molecular weight is 338 g/mol. The van der Waals surface area contributed by atoms with Gasteiger partial charge in [0.15, 0.2) is 0 Å². The van der Waals surface area contributed by atoms with Crippen LogP contribution in [0.15, 0.2) is 48.5 Å². The van der Waals surface area contributed by atoms with Crippen molar-refractivity contribution in [3.63, 3.8) is 0 Å². The van der Waals surface area contributed by atoms with Crippen molar-refractivity contribution in [1.82, 2.24) is 0 Å². The molecule has 1 aliphatic heterocycles. The maximum atomic E-state index is 10.8. The summed E-state index contributed by atoms with van der Waals surface area (Å²) in [6, 6.07) is 16.5. The first-order valence-electron chi connectivity index (χ1n) is 9.11. The number of non-ortho nitro benzene ring substituents is 1. The van der Waals surface area contributed by atoms with E-state index in [0.717, 1.165) is 37.9 Å². The van der Waals surface area contributed by atoms with Crippen molar-refractivity contribution in [3.8, 4) is 0 Å². The smallest absolute Gasteiger partial charge is 0.269 e. The highest BCUT2D eigenvalue weighted by Gasteiger charge is 2.30. The van der Waals surface area contributed by atoms with Gasteiger partial charge in [-0.3, -0.25) is 10.1 Å². The third kappa shape index (κ3) is 3.37. The Kier molecular flexibility index (Phi) is 4.40. The van der Waals surface area contributed by atoms with E-state index in [0.29, 0.717) is 0 Å². The van der Waals surface area contributed by atoms with Gasteiger partial charge in [-0.1, -0.05) is 24.3 Å².